The average molecular weight is 388 g/mol. The van der Waals surface area contributed by atoms with Crippen LogP contribution in [0.2, 0.25) is 0 Å². The van der Waals surface area contributed by atoms with Gasteiger partial charge in [0.25, 0.3) is 5.91 Å². The molecule has 144 valence electrons. The van der Waals surface area contributed by atoms with Crippen LogP contribution in [0.3, 0.4) is 0 Å². The molecule has 1 aliphatic carbocycles. The van der Waals surface area contributed by atoms with Gasteiger partial charge in [0.15, 0.2) is 0 Å². The van der Waals surface area contributed by atoms with Crippen LogP contribution in [0.15, 0.2) is 24.3 Å². The Kier molecular flexibility index (Phi) is 6.50. The predicted octanol–water partition coefficient (Wildman–Crippen LogP) is 4.84. The van der Waals surface area contributed by atoms with Gasteiger partial charge in [0.1, 0.15) is 10.8 Å². The van der Waals surface area contributed by atoms with Crippen molar-refractivity contribution in [3.8, 4) is 5.75 Å². The fourth-order valence-electron chi connectivity index (χ4n) is 3.18. The number of aryl methyl sites for hydroxylation is 1. The third-order valence-corrected chi connectivity index (χ3v) is 5.88. The minimum atomic E-state index is -0.385. The number of thiophene rings is 1. The van der Waals surface area contributed by atoms with E-state index >= 15 is 0 Å². The lowest BCUT2D eigenvalue weighted by molar-refractivity contribution is 0.0601. The highest BCUT2D eigenvalue weighted by atomic mass is 32.1. The van der Waals surface area contributed by atoms with Crippen LogP contribution in [0, 0.1) is 0 Å². The Labute approximate surface area is 163 Å². The summed E-state index contributed by atoms with van der Waals surface area (Å²) in [5, 5.41) is 3.49. The van der Waals surface area contributed by atoms with Crippen LogP contribution in [0.1, 0.15) is 63.8 Å². The number of carbonyl (C=O) groups is 2. The topological polar surface area (TPSA) is 64.6 Å². The number of carbonyl (C=O) groups excluding carboxylic acids is 2. The van der Waals surface area contributed by atoms with Crippen LogP contribution >= 0.6 is 11.3 Å². The molecule has 0 unspecified atom stereocenters. The van der Waals surface area contributed by atoms with Crippen LogP contribution in [0.5, 0.6) is 5.75 Å². The number of hydrogen-bond acceptors (Lipinski definition) is 5. The number of rotatable bonds is 7. The van der Waals surface area contributed by atoms with Crippen LogP contribution in [-0.2, 0) is 17.6 Å². The number of fused-ring (bicyclic) bond motifs is 1. The van der Waals surface area contributed by atoms with E-state index < -0.39 is 0 Å². The third kappa shape index (κ3) is 4.50. The highest BCUT2D eigenvalue weighted by Crippen LogP contribution is 2.38. The van der Waals surface area contributed by atoms with E-state index in [1.807, 2.05) is 0 Å². The maximum Gasteiger partial charge on any atom is 0.341 e. The first kappa shape index (κ1) is 19.4. The van der Waals surface area contributed by atoms with E-state index in [0.29, 0.717) is 22.7 Å². The van der Waals surface area contributed by atoms with Crippen molar-refractivity contribution in [3.05, 3.63) is 45.8 Å². The van der Waals surface area contributed by atoms with Crippen molar-refractivity contribution in [2.24, 2.45) is 0 Å². The Hall–Kier alpha value is -2.34. The molecule has 0 bridgehead atoms. The number of hydrogen-bond donors (Lipinski definition) is 1. The van der Waals surface area contributed by atoms with E-state index in [0.717, 1.165) is 49.8 Å². The predicted molar refractivity (Wildman–Crippen MR) is 107 cm³/mol. The van der Waals surface area contributed by atoms with Crippen molar-refractivity contribution in [3.63, 3.8) is 0 Å². The smallest absolute Gasteiger partial charge is 0.341 e. The molecule has 0 spiro atoms. The van der Waals surface area contributed by atoms with Gasteiger partial charge in [-0.25, -0.2) is 4.79 Å². The van der Waals surface area contributed by atoms with Gasteiger partial charge in [0.05, 0.1) is 19.3 Å². The summed E-state index contributed by atoms with van der Waals surface area (Å²) >= 11 is 1.49. The number of nitrogens with one attached hydrogen (secondary N) is 1. The molecule has 2 aromatic rings. The molecule has 0 radical (unpaired) electrons. The van der Waals surface area contributed by atoms with E-state index in [-0.39, 0.29) is 11.9 Å². The summed E-state index contributed by atoms with van der Waals surface area (Å²) in [6.07, 6.45) is 6.05. The van der Waals surface area contributed by atoms with Crippen molar-refractivity contribution in [1.82, 2.24) is 0 Å². The minimum Gasteiger partial charge on any atom is -0.494 e. The Morgan fingerprint density at radius 3 is 2.59 bits per heavy atom. The normalized spacial score (nSPS) is 13.0. The number of benzene rings is 1. The molecule has 0 atom stereocenters. The zero-order valence-corrected chi connectivity index (χ0v) is 16.6. The van der Waals surface area contributed by atoms with Gasteiger partial charge in [-0.2, -0.15) is 0 Å². The summed E-state index contributed by atoms with van der Waals surface area (Å²) in [7, 11) is 1.37. The minimum absolute atomic E-state index is 0.237. The van der Waals surface area contributed by atoms with Gasteiger partial charge >= 0.3 is 5.97 Å². The second kappa shape index (κ2) is 9.04. The molecule has 6 heteroatoms. The molecule has 0 saturated heterocycles. The zero-order valence-electron chi connectivity index (χ0n) is 15.8. The van der Waals surface area contributed by atoms with Crippen LogP contribution in [0.25, 0.3) is 0 Å². The summed E-state index contributed by atoms with van der Waals surface area (Å²) in [5.41, 5.74) is 2.08. The van der Waals surface area contributed by atoms with Gasteiger partial charge in [0.2, 0.25) is 0 Å². The van der Waals surface area contributed by atoms with Crippen molar-refractivity contribution >= 4 is 28.2 Å². The Bertz CT molecular complexity index is 810. The van der Waals surface area contributed by atoms with Crippen molar-refractivity contribution in [1.29, 1.82) is 0 Å². The molecule has 1 aliphatic rings. The number of anilines is 1. The van der Waals surface area contributed by atoms with E-state index in [2.05, 4.69) is 12.2 Å². The van der Waals surface area contributed by atoms with Gasteiger partial charge in [-0.3, -0.25) is 4.79 Å². The molecule has 27 heavy (non-hydrogen) atoms. The molecule has 1 N–H and O–H groups in total. The number of esters is 1. The first-order valence-electron chi connectivity index (χ1n) is 9.41. The molecule has 1 aromatic heterocycles. The quantitative estimate of drug-likeness (QED) is 0.545. The fraction of sp³-hybridized carbons (Fsp3) is 0.429. The van der Waals surface area contributed by atoms with Gasteiger partial charge < -0.3 is 14.8 Å². The Morgan fingerprint density at radius 2 is 1.89 bits per heavy atom. The molecule has 1 heterocycles. The third-order valence-electron chi connectivity index (χ3n) is 4.67. The maximum atomic E-state index is 12.7. The molecule has 0 fully saturated rings. The number of ether oxygens (including phenoxy) is 2. The molecule has 0 aliphatic heterocycles. The van der Waals surface area contributed by atoms with Crippen molar-refractivity contribution < 1.29 is 19.1 Å². The van der Waals surface area contributed by atoms with Gasteiger partial charge in [-0.05, 0) is 61.9 Å². The maximum absolute atomic E-state index is 12.7. The highest BCUT2D eigenvalue weighted by molar-refractivity contribution is 7.17. The summed E-state index contributed by atoms with van der Waals surface area (Å²) < 4.78 is 10.6. The standard InChI is InChI=1S/C21H25NO4S/c1-3-4-13-26-15-11-9-14(10-12-15)19(23)22-20-18(21(24)25-2)16-7-5-6-8-17(16)27-20/h9-12H,3-8,13H2,1-2H3,(H,22,23). The second-order valence-electron chi connectivity index (χ2n) is 6.59. The number of methoxy groups -OCH3 is 1. The fourth-order valence-corrected chi connectivity index (χ4v) is 4.46. The first-order valence-corrected chi connectivity index (χ1v) is 10.2. The van der Waals surface area contributed by atoms with Crippen LogP contribution < -0.4 is 10.1 Å². The lowest BCUT2D eigenvalue weighted by Gasteiger charge is -2.11. The van der Waals surface area contributed by atoms with E-state index in [1.165, 1.54) is 23.3 Å². The molecule has 3 rings (SSSR count). The lowest BCUT2D eigenvalue weighted by Crippen LogP contribution is -2.15. The van der Waals surface area contributed by atoms with Gasteiger partial charge in [0, 0.05) is 10.4 Å². The van der Waals surface area contributed by atoms with E-state index in [1.54, 1.807) is 24.3 Å². The molecular formula is C21H25NO4S. The number of unbranched alkanes of at least 4 members (excludes halogenated alkanes) is 1. The molecule has 0 saturated carbocycles. The Morgan fingerprint density at radius 1 is 1.15 bits per heavy atom. The van der Waals surface area contributed by atoms with Gasteiger partial charge in [-0.1, -0.05) is 13.3 Å². The summed E-state index contributed by atoms with van der Waals surface area (Å²) in [4.78, 5) is 26.1. The molecule has 1 amide bonds. The SMILES string of the molecule is CCCCOc1ccc(C(=O)Nc2sc3c(c2C(=O)OC)CCCC3)cc1. The highest BCUT2D eigenvalue weighted by Gasteiger charge is 2.27. The zero-order chi connectivity index (χ0) is 19.2. The summed E-state index contributed by atoms with van der Waals surface area (Å²) in [6.45, 7) is 2.78. The lowest BCUT2D eigenvalue weighted by atomic mass is 9.95. The summed E-state index contributed by atoms with van der Waals surface area (Å²) in [5.74, 6) is 0.130. The second-order valence-corrected chi connectivity index (χ2v) is 7.69. The van der Waals surface area contributed by atoms with E-state index in [4.69, 9.17) is 9.47 Å². The molecule has 5 nitrogen and oxygen atoms in total. The molecule has 1 aromatic carbocycles. The van der Waals surface area contributed by atoms with E-state index in [9.17, 15) is 9.59 Å². The summed E-state index contributed by atoms with van der Waals surface area (Å²) in [6, 6.07) is 7.07. The number of amides is 1. The average Bonchev–Trinajstić information content (AvgIpc) is 3.06. The Balaban J connectivity index is 1.76. The van der Waals surface area contributed by atoms with Crippen LogP contribution in [0.4, 0.5) is 5.00 Å². The van der Waals surface area contributed by atoms with Gasteiger partial charge in [-0.15, -0.1) is 11.3 Å². The van der Waals surface area contributed by atoms with Crippen molar-refractivity contribution in [2.75, 3.05) is 19.0 Å². The molecular weight excluding hydrogens is 362 g/mol. The van der Waals surface area contributed by atoms with Crippen molar-refractivity contribution in [2.45, 2.75) is 45.4 Å². The first-order chi connectivity index (χ1) is 13.1. The largest absolute Gasteiger partial charge is 0.494 e. The monoisotopic (exact) mass is 387 g/mol. The van der Waals surface area contributed by atoms with Crippen LogP contribution in [-0.4, -0.2) is 25.6 Å².